The summed E-state index contributed by atoms with van der Waals surface area (Å²) in [4.78, 5) is 12.5. The van der Waals surface area contributed by atoms with Crippen LogP contribution in [0.25, 0.3) is 0 Å². The summed E-state index contributed by atoms with van der Waals surface area (Å²) in [6.45, 7) is 2.26. The molecule has 3 nitrogen and oxygen atoms in total. The maximum absolute atomic E-state index is 12.5. The molecule has 0 spiro atoms. The van der Waals surface area contributed by atoms with E-state index in [1.807, 2.05) is 12.1 Å². The number of nitriles is 1. The van der Waals surface area contributed by atoms with Crippen LogP contribution in [0.4, 0.5) is 0 Å². The number of carbonyl (C=O) groups excluding carboxylic acids is 1. The first-order valence-corrected chi connectivity index (χ1v) is 11.0. The van der Waals surface area contributed by atoms with E-state index >= 15 is 0 Å². The predicted molar refractivity (Wildman–Crippen MR) is 105 cm³/mol. The smallest absolute Gasteiger partial charge is 0.309 e. The standard InChI is InChI=1S/C23H37NO2/c1-2-3-5-8-20-12-16-22(17-13-20)26-23(25)21-14-10-19(11-15-21)9-6-4-7-18-24/h4,7,19-22H,2-3,5-6,8-17H2,1H3/b7-4+. The van der Waals surface area contributed by atoms with Crippen LogP contribution in [-0.4, -0.2) is 12.1 Å². The highest BCUT2D eigenvalue weighted by Crippen LogP contribution is 2.34. The van der Waals surface area contributed by atoms with E-state index in [0.29, 0.717) is 5.92 Å². The van der Waals surface area contributed by atoms with Crippen molar-refractivity contribution in [3.8, 4) is 6.07 Å². The summed E-state index contributed by atoms with van der Waals surface area (Å²) in [7, 11) is 0. The van der Waals surface area contributed by atoms with Crippen molar-refractivity contribution < 1.29 is 9.53 Å². The number of esters is 1. The number of ether oxygens (including phenoxy) is 1. The molecule has 2 aliphatic rings. The molecule has 2 fully saturated rings. The van der Waals surface area contributed by atoms with Gasteiger partial charge in [0.15, 0.2) is 0 Å². The van der Waals surface area contributed by atoms with Crippen molar-refractivity contribution in [2.45, 2.75) is 103 Å². The van der Waals surface area contributed by atoms with Crippen molar-refractivity contribution in [1.29, 1.82) is 5.26 Å². The second-order valence-electron chi connectivity index (χ2n) is 8.40. The quantitative estimate of drug-likeness (QED) is 0.274. The monoisotopic (exact) mass is 359 g/mol. The summed E-state index contributed by atoms with van der Waals surface area (Å²) in [5.41, 5.74) is 0. The van der Waals surface area contributed by atoms with Gasteiger partial charge in [0.2, 0.25) is 0 Å². The number of rotatable bonds is 9. The van der Waals surface area contributed by atoms with Gasteiger partial charge in [0, 0.05) is 6.08 Å². The van der Waals surface area contributed by atoms with Crippen LogP contribution in [0, 0.1) is 29.1 Å². The first-order valence-electron chi connectivity index (χ1n) is 11.0. The van der Waals surface area contributed by atoms with Gasteiger partial charge in [0.05, 0.1) is 12.0 Å². The normalized spacial score (nSPS) is 29.4. The first-order chi connectivity index (χ1) is 12.7. The molecular formula is C23H37NO2. The number of hydrogen-bond donors (Lipinski definition) is 0. The van der Waals surface area contributed by atoms with Gasteiger partial charge in [0.1, 0.15) is 6.10 Å². The van der Waals surface area contributed by atoms with E-state index in [1.165, 1.54) is 38.5 Å². The van der Waals surface area contributed by atoms with E-state index in [0.717, 1.165) is 57.3 Å². The average molecular weight is 360 g/mol. The molecule has 0 aliphatic heterocycles. The number of nitrogens with zero attached hydrogens (tertiary/aromatic N) is 1. The topological polar surface area (TPSA) is 50.1 Å². The highest BCUT2D eigenvalue weighted by Gasteiger charge is 2.30. The predicted octanol–water partition coefficient (Wildman–Crippen LogP) is 6.34. The van der Waals surface area contributed by atoms with Gasteiger partial charge in [0.25, 0.3) is 0 Å². The van der Waals surface area contributed by atoms with Crippen LogP contribution < -0.4 is 0 Å². The lowest BCUT2D eigenvalue weighted by Crippen LogP contribution is -2.30. The summed E-state index contributed by atoms with van der Waals surface area (Å²) in [5, 5.41) is 8.51. The molecule has 0 atom stereocenters. The summed E-state index contributed by atoms with van der Waals surface area (Å²) in [5.74, 6) is 1.77. The van der Waals surface area contributed by atoms with Gasteiger partial charge in [-0.1, -0.05) is 38.7 Å². The Balaban J connectivity index is 1.59. The van der Waals surface area contributed by atoms with Gasteiger partial charge in [-0.15, -0.1) is 0 Å². The minimum atomic E-state index is 0.0715. The van der Waals surface area contributed by atoms with Gasteiger partial charge in [-0.2, -0.15) is 5.26 Å². The van der Waals surface area contributed by atoms with E-state index in [-0.39, 0.29) is 18.0 Å². The molecule has 0 saturated heterocycles. The lowest BCUT2D eigenvalue weighted by atomic mass is 9.80. The molecule has 2 saturated carbocycles. The van der Waals surface area contributed by atoms with Crippen LogP contribution in [0.1, 0.15) is 96.8 Å². The Bertz CT molecular complexity index is 463. The van der Waals surface area contributed by atoms with Crippen LogP contribution in [0.2, 0.25) is 0 Å². The van der Waals surface area contributed by atoms with Crippen LogP contribution in [0.3, 0.4) is 0 Å². The lowest BCUT2D eigenvalue weighted by molar-refractivity contribution is -0.157. The SMILES string of the molecule is CCCCCC1CCC(OC(=O)C2CCC(CC/C=C/C#N)CC2)CC1. The molecule has 146 valence electrons. The van der Waals surface area contributed by atoms with E-state index in [1.54, 1.807) is 6.08 Å². The zero-order chi connectivity index (χ0) is 18.6. The molecule has 0 aromatic rings. The molecule has 0 aromatic heterocycles. The van der Waals surface area contributed by atoms with E-state index in [2.05, 4.69) is 6.92 Å². The number of hydrogen-bond acceptors (Lipinski definition) is 3. The second kappa shape index (κ2) is 12.2. The largest absolute Gasteiger partial charge is 0.462 e. The van der Waals surface area contributed by atoms with Gasteiger partial charge in [-0.3, -0.25) is 4.79 Å². The van der Waals surface area contributed by atoms with Crippen LogP contribution in [-0.2, 0) is 9.53 Å². The molecule has 0 aromatic carbocycles. The second-order valence-corrected chi connectivity index (χ2v) is 8.40. The summed E-state index contributed by atoms with van der Waals surface area (Å²) >= 11 is 0. The molecule has 0 radical (unpaired) electrons. The Labute approximate surface area is 160 Å². The molecule has 3 heteroatoms. The molecule has 0 amide bonds. The summed E-state index contributed by atoms with van der Waals surface area (Å²) < 4.78 is 5.87. The molecule has 2 aliphatic carbocycles. The molecular weight excluding hydrogens is 322 g/mol. The highest BCUT2D eigenvalue weighted by atomic mass is 16.5. The fraction of sp³-hybridized carbons (Fsp3) is 0.826. The first kappa shape index (κ1) is 21.0. The Morgan fingerprint density at radius 2 is 1.65 bits per heavy atom. The fourth-order valence-electron chi connectivity index (χ4n) is 4.64. The van der Waals surface area contributed by atoms with Crippen LogP contribution >= 0.6 is 0 Å². The van der Waals surface area contributed by atoms with Gasteiger partial charge < -0.3 is 4.74 Å². The van der Waals surface area contributed by atoms with Crippen molar-refractivity contribution in [2.75, 3.05) is 0 Å². The van der Waals surface area contributed by atoms with E-state index in [9.17, 15) is 4.79 Å². The Hall–Kier alpha value is -1.30. The summed E-state index contributed by atoms with van der Waals surface area (Å²) in [6, 6.07) is 2.04. The van der Waals surface area contributed by atoms with Crippen molar-refractivity contribution in [3.05, 3.63) is 12.2 Å². The fourth-order valence-corrected chi connectivity index (χ4v) is 4.64. The van der Waals surface area contributed by atoms with Gasteiger partial charge >= 0.3 is 5.97 Å². The van der Waals surface area contributed by atoms with Crippen molar-refractivity contribution in [1.82, 2.24) is 0 Å². The third-order valence-electron chi connectivity index (χ3n) is 6.41. The Morgan fingerprint density at radius 3 is 2.31 bits per heavy atom. The zero-order valence-corrected chi connectivity index (χ0v) is 16.6. The molecule has 0 heterocycles. The van der Waals surface area contributed by atoms with Gasteiger partial charge in [-0.25, -0.2) is 0 Å². The van der Waals surface area contributed by atoms with E-state index < -0.39 is 0 Å². The summed E-state index contributed by atoms with van der Waals surface area (Å²) in [6.07, 6.45) is 20.1. The average Bonchev–Trinajstić information content (AvgIpc) is 2.67. The van der Waals surface area contributed by atoms with Crippen molar-refractivity contribution in [2.24, 2.45) is 17.8 Å². The highest BCUT2D eigenvalue weighted by molar-refractivity contribution is 5.72. The van der Waals surface area contributed by atoms with Crippen molar-refractivity contribution >= 4 is 5.97 Å². The van der Waals surface area contributed by atoms with Crippen molar-refractivity contribution in [3.63, 3.8) is 0 Å². The molecule has 0 unspecified atom stereocenters. The van der Waals surface area contributed by atoms with Crippen LogP contribution in [0.5, 0.6) is 0 Å². The third-order valence-corrected chi connectivity index (χ3v) is 6.41. The Kier molecular flexibility index (Phi) is 9.82. The minimum Gasteiger partial charge on any atom is -0.462 e. The van der Waals surface area contributed by atoms with Crippen LogP contribution in [0.15, 0.2) is 12.2 Å². The number of allylic oxidation sites excluding steroid dienone is 2. The molecule has 2 rings (SSSR count). The molecule has 26 heavy (non-hydrogen) atoms. The molecule has 0 N–H and O–H groups in total. The Morgan fingerprint density at radius 1 is 1.00 bits per heavy atom. The van der Waals surface area contributed by atoms with E-state index in [4.69, 9.17) is 10.00 Å². The lowest BCUT2D eigenvalue weighted by Gasteiger charge is -2.31. The van der Waals surface area contributed by atoms with Gasteiger partial charge in [-0.05, 0) is 76.0 Å². The maximum Gasteiger partial charge on any atom is 0.309 e. The zero-order valence-electron chi connectivity index (χ0n) is 16.6. The molecule has 0 bridgehead atoms. The maximum atomic E-state index is 12.5. The third kappa shape index (κ3) is 7.52. The minimum absolute atomic E-state index is 0.0715. The number of unbranched alkanes of at least 4 members (excludes halogenated alkanes) is 2. The number of carbonyl (C=O) groups is 1.